The molecular formula is C15H16BrFN2O2. The van der Waals surface area contributed by atoms with Gasteiger partial charge in [0, 0.05) is 5.56 Å². The van der Waals surface area contributed by atoms with Crippen molar-refractivity contribution in [3.05, 3.63) is 41.0 Å². The molecule has 0 saturated carbocycles. The molecule has 2 aromatic rings. The first-order valence-corrected chi connectivity index (χ1v) is 7.53. The monoisotopic (exact) mass is 354 g/mol. The van der Waals surface area contributed by atoms with Crippen LogP contribution in [0.5, 0.6) is 0 Å². The second-order valence-corrected chi connectivity index (χ2v) is 5.34. The van der Waals surface area contributed by atoms with Crippen molar-refractivity contribution < 1.29 is 13.9 Å². The van der Waals surface area contributed by atoms with Crippen molar-refractivity contribution in [1.82, 2.24) is 9.55 Å². The molecule has 112 valence electrons. The molecular weight excluding hydrogens is 339 g/mol. The van der Waals surface area contributed by atoms with Crippen molar-refractivity contribution in [2.24, 2.45) is 0 Å². The number of aromatic nitrogens is 2. The minimum Gasteiger partial charge on any atom is -0.464 e. The highest BCUT2D eigenvalue weighted by molar-refractivity contribution is 9.10. The smallest absolute Gasteiger partial charge is 0.326 e. The maximum absolute atomic E-state index is 12.9. The first kappa shape index (κ1) is 15.7. The maximum atomic E-state index is 12.9. The van der Waals surface area contributed by atoms with Crippen LogP contribution in [-0.2, 0) is 16.1 Å². The third kappa shape index (κ3) is 4.14. The number of carbonyl (C=O) groups is 1. The summed E-state index contributed by atoms with van der Waals surface area (Å²) in [4.78, 5) is 15.9. The molecule has 0 amide bonds. The van der Waals surface area contributed by atoms with Gasteiger partial charge in [-0.2, -0.15) is 0 Å². The molecule has 1 aromatic heterocycles. The Morgan fingerprint density at radius 1 is 1.38 bits per heavy atom. The summed E-state index contributed by atoms with van der Waals surface area (Å²) < 4.78 is 20.4. The van der Waals surface area contributed by atoms with Gasteiger partial charge in [-0.3, -0.25) is 4.79 Å². The molecule has 0 aliphatic rings. The van der Waals surface area contributed by atoms with E-state index in [2.05, 4.69) is 20.9 Å². The summed E-state index contributed by atoms with van der Waals surface area (Å²) in [5.41, 5.74) is 1.44. The Morgan fingerprint density at radius 2 is 2.10 bits per heavy atom. The number of ether oxygens (including phenoxy) is 1. The molecule has 0 N–H and O–H groups in total. The number of esters is 1. The van der Waals surface area contributed by atoms with E-state index in [-0.39, 0.29) is 18.3 Å². The van der Waals surface area contributed by atoms with Crippen LogP contribution in [0.2, 0.25) is 0 Å². The van der Waals surface area contributed by atoms with Crippen LogP contribution in [0.15, 0.2) is 35.2 Å². The standard InChI is InChI=1S/C15H16BrFN2O2/c1-2-3-8-21-13(20)9-19-10-18-14(15(19)16)11-4-6-12(17)7-5-11/h4-7,10H,2-3,8-9H2,1H3. The van der Waals surface area contributed by atoms with Gasteiger partial charge < -0.3 is 9.30 Å². The first-order chi connectivity index (χ1) is 10.1. The average Bonchev–Trinajstić information content (AvgIpc) is 2.82. The highest BCUT2D eigenvalue weighted by Gasteiger charge is 2.13. The van der Waals surface area contributed by atoms with Crippen molar-refractivity contribution in [3.63, 3.8) is 0 Å². The van der Waals surface area contributed by atoms with Crippen LogP contribution in [-0.4, -0.2) is 22.1 Å². The van der Waals surface area contributed by atoms with Crippen molar-refractivity contribution >= 4 is 21.9 Å². The number of benzene rings is 1. The third-order valence-corrected chi connectivity index (χ3v) is 3.78. The predicted octanol–water partition coefficient (Wildman–Crippen LogP) is 3.80. The number of unbranched alkanes of at least 4 members (excludes halogenated alkanes) is 1. The summed E-state index contributed by atoms with van der Waals surface area (Å²) in [5, 5.41) is 0. The lowest BCUT2D eigenvalue weighted by Crippen LogP contribution is -2.13. The number of carbonyl (C=O) groups excluding carboxylic acids is 1. The highest BCUT2D eigenvalue weighted by Crippen LogP contribution is 2.26. The average molecular weight is 355 g/mol. The molecule has 0 atom stereocenters. The van der Waals surface area contributed by atoms with Crippen molar-refractivity contribution in [2.45, 2.75) is 26.3 Å². The number of imidazole rings is 1. The molecule has 0 radical (unpaired) electrons. The fraction of sp³-hybridized carbons (Fsp3) is 0.333. The molecule has 21 heavy (non-hydrogen) atoms. The third-order valence-electron chi connectivity index (χ3n) is 2.95. The first-order valence-electron chi connectivity index (χ1n) is 6.74. The van der Waals surface area contributed by atoms with Gasteiger partial charge in [-0.15, -0.1) is 0 Å². The van der Waals surface area contributed by atoms with Crippen LogP contribution in [0.4, 0.5) is 4.39 Å². The van der Waals surface area contributed by atoms with E-state index in [1.165, 1.54) is 12.1 Å². The Kier molecular flexibility index (Phi) is 5.50. The number of hydrogen-bond donors (Lipinski definition) is 0. The lowest BCUT2D eigenvalue weighted by Gasteiger charge is -2.06. The largest absolute Gasteiger partial charge is 0.464 e. The van der Waals surface area contributed by atoms with E-state index < -0.39 is 0 Å². The lowest BCUT2D eigenvalue weighted by atomic mass is 10.2. The van der Waals surface area contributed by atoms with Crippen LogP contribution < -0.4 is 0 Å². The lowest BCUT2D eigenvalue weighted by molar-refractivity contribution is -0.144. The number of halogens is 2. The molecule has 6 heteroatoms. The number of nitrogens with zero attached hydrogens (tertiary/aromatic N) is 2. The van der Waals surface area contributed by atoms with Crippen molar-refractivity contribution in [3.8, 4) is 11.3 Å². The molecule has 0 bridgehead atoms. The van der Waals surface area contributed by atoms with Crippen molar-refractivity contribution in [2.75, 3.05) is 6.61 Å². The maximum Gasteiger partial charge on any atom is 0.326 e. The summed E-state index contributed by atoms with van der Waals surface area (Å²) in [5.74, 6) is -0.596. The topological polar surface area (TPSA) is 44.1 Å². The van der Waals surface area contributed by atoms with Gasteiger partial charge in [0.15, 0.2) is 0 Å². The van der Waals surface area contributed by atoms with Crippen LogP contribution in [0, 0.1) is 5.82 Å². The Labute approximate surface area is 131 Å². The number of hydrogen-bond acceptors (Lipinski definition) is 3. The van der Waals surface area contributed by atoms with Crippen molar-refractivity contribution in [1.29, 1.82) is 0 Å². The van der Waals surface area contributed by atoms with Crippen LogP contribution in [0.1, 0.15) is 19.8 Å². The Bertz CT molecular complexity index is 611. The summed E-state index contributed by atoms with van der Waals surface area (Å²) in [6, 6.07) is 6.04. The Hall–Kier alpha value is -1.69. The van der Waals surface area contributed by atoms with Gasteiger partial charge in [0.2, 0.25) is 0 Å². The molecule has 1 aromatic carbocycles. The normalized spacial score (nSPS) is 10.6. The molecule has 1 heterocycles. The van der Waals surface area contributed by atoms with Gasteiger partial charge in [0.1, 0.15) is 22.7 Å². The van der Waals surface area contributed by atoms with E-state index in [0.717, 1.165) is 18.4 Å². The van der Waals surface area contributed by atoms with Gasteiger partial charge in [0.05, 0.1) is 12.9 Å². The summed E-state index contributed by atoms with van der Waals surface area (Å²) in [7, 11) is 0. The number of rotatable bonds is 6. The summed E-state index contributed by atoms with van der Waals surface area (Å²) in [6.45, 7) is 2.57. The van der Waals surface area contributed by atoms with E-state index in [9.17, 15) is 9.18 Å². The minimum atomic E-state index is -0.299. The molecule has 0 unspecified atom stereocenters. The van der Waals surface area contributed by atoms with E-state index in [4.69, 9.17) is 4.74 Å². The fourth-order valence-electron chi connectivity index (χ4n) is 1.79. The SMILES string of the molecule is CCCCOC(=O)Cn1cnc(-c2ccc(F)cc2)c1Br. The highest BCUT2D eigenvalue weighted by atomic mass is 79.9. The molecule has 0 saturated heterocycles. The molecule has 4 nitrogen and oxygen atoms in total. The van der Waals surface area contributed by atoms with E-state index >= 15 is 0 Å². The zero-order valence-corrected chi connectivity index (χ0v) is 13.3. The van der Waals surface area contributed by atoms with Gasteiger partial charge in [-0.05, 0) is 46.6 Å². The molecule has 2 rings (SSSR count). The van der Waals surface area contributed by atoms with E-state index in [1.807, 2.05) is 6.92 Å². The quantitative estimate of drug-likeness (QED) is 0.585. The van der Waals surface area contributed by atoms with E-state index in [0.29, 0.717) is 16.9 Å². The van der Waals surface area contributed by atoms with Crippen LogP contribution in [0.3, 0.4) is 0 Å². The molecule has 0 aliphatic carbocycles. The second-order valence-electron chi connectivity index (χ2n) is 4.59. The zero-order valence-electron chi connectivity index (χ0n) is 11.7. The minimum absolute atomic E-state index is 0.0957. The van der Waals surface area contributed by atoms with Gasteiger partial charge >= 0.3 is 5.97 Å². The molecule has 0 fully saturated rings. The van der Waals surface area contributed by atoms with Gasteiger partial charge in [0.25, 0.3) is 0 Å². The molecule has 0 aliphatic heterocycles. The second kappa shape index (κ2) is 7.36. The fourth-order valence-corrected chi connectivity index (χ4v) is 2.34. The summed E-state index contributed by atoms with van der Waals surface area (Å²) in [6.07, 6.45) is 3.40. The van der Waals surface area contributed by atoms with Gasteiger partial charge in [-0.25, -0.2) is 9.37 Å². The Morgan fingerprint density at radius 3 is 2.76 bits per heavy atom. The summed E-state index contributed by atoms with van der Waals surface area (Å²) >= 11 is 3.42. The predicted molar refractivity (Wildman–Crippen MR) is 81.2 cm³/mol. The van der Waals surface area contributed by atoms with Crippen LogP contribution in [0.25, 0.3) is 11.3 Å². The van der Waals surface area contributed by atoms with Gasteiger partial charge in [-0.1, -0.05) is 13.3 Å². The van der Waals surface area contributed by atoms with E-state index in [1.54, 1.807) is 23.0 Å². The molecule has 0 spiro atoms. The Balaban J connectivity index is 2.06. The zero-order chi connectivity index (χ0) is 15.2. The van der Waals surface area contributed by atoms with Crippen LogP contribution >= 0.6 is 15.9 Å².